The summed E-state index contributed by atoms with van der Waals surface area (Å²) in [6.45, 7) is 7.07. The Kier molecular flexibility index (Phi) is 3.90. The molecule has 2 fully saturated rings. The number of benzene rings is 1. The van der Waals surface area contributed by atoms with Gasteiger partial charge in [-0.3, -0.25) is 9.59 Å². The molecule has 4 rings (SSSR count). The van der Waals surface area contributed by atoms with Crippen LogP contribution in [0.2, 0.25) is 0 Å². The van der Waals surface area contributed by atoms with Gasteiger partial charge in [-0.25, -0.2) is 0 Å². The van der Waals surface area contributed by atoms with Crippen LogP contribution in [0.4, 0.5) is 0 Å². The molecule has 1 aromatic carbocycles. The van der Waals surface area contributed by atoms with E-state index in [2.05, 4.69) is 31.4 Å². The van der Waals surface area contributed by atoms with Crippen molar-refractivity contribution in [3.05, 3.63) is 23.8 Å². The quantitative estimate of drug-likeness (QED) is 0.867. The van der Waals surface area contributed by atoms with Crippen molar-refractivity contribution in [2.45, 2.75) is 46.1 Å². The molecule has 26 heavy (non-hydrogen) atoms. The summed E-state index contributed by atoms with van der Waals surface area (Å²) in [5.41, 5.74) is 0.838. The molecule has 0 saturated heterocycles. The second kappa shape index (κ2) is 5.89. The summed E-state index contributed by atoms with van der Waals surface area (Å²) in [7, 11) is 0. The van der Waals surface area contributed by atoms with Crippen molar-refractivity contribution in [3.8, 4) is 11.5 Å². The number of nitrogens with one attached hydrogen (secondary N) is 2. The van der Waals surface area contributed by atoms with Gasteiger partial charge in [0.25, 0.3) is 5.91 Å². The summed E-state index contributed by atoms with van der Waals surface area (Å²) in [5.74, 6) is 1.43. The number of carbonyl (C=O) groups excluding carboxylic acids is 2. The summed E-state index contributed by atoms with van der Waals surface area (Å²) in [5, 5.41) is 5.85. The summed E-state index contributed by atoms with van der Waals surface area (Å²) >= 11 is 0. The van der Waals surface area contributed by atoms with Gasteiger partial charge in [-0.05, 0) is 54.2 Å². The molecule has 140 valence electrons. The highest BCUT2D eigenvalue weighted by Crippen LogP contribution is 2.65. The molecule has 6 nitrogen and oxygen atoms in total. The van der Waals surface area contributed by atoms with Gasteiger partial charge in [-0.1, -0.05) is 20.8 Å². The van der Waals surface area contributed by atoms with Crippen molar-refractivity contribution in [2.75, 3.05) is 13.3 Å². The first-order chi connectivity index (χ1) is 12.3. The molecule has 1 aliphatic heterocycles. The van der Waals surface area contributed by atoms with Gasteiger partial charge in [0.15, 0.2) is 11.5 Å². The fourth-order valence-corrected chi connectivity index (χ4v) is 4.97. The maximum Gasteiger partial charge on any atom is 0.251 e. The van der Waals surface area contributed by atoms with E-state index < -0.39 is 0 Å². The molecule has 3 unspecified atom stereocenters. The van der Waals surface area contributed by atoms with Gasteiger partial charge < -0.3 is 20.1 Å². The van der Waals surface area contributed by atoms with Gasteiger partial charge in [-0.15, -0.1) is 0 Å². The molecule has 2 aliphatic carbocycles. The summed E-state index contributed by atoms with van der Waals surface area (Å²) in [6, 6.07) is 5.19. The Morgan fingerprint density at radius 3 is 2.65 bits per heavy atom. The zero-order chi connectivity index (χ0) is 18.5. The third-order valence-corrected chi connectivity index (χ3v) is 7.17. The van der Waals surface area contributed by atoms with E-state index in [1.165, 1.54) is 6.42 Å². The normalized spacial score (nSPS) is 30.3. The Bertz CT molecular complexity index is 760. The maximum atomic E-state index is 12.4. The average molecular weight is 358 g/mol. The highest BCUT2D eigenvalue weighted by Gasteiger charge is 2.61. The topological polar surface area (TPSA) is 76.7 Å². The minimum absolute atomic E-state index is 0.0229. The van der Waals surface area contributed by atoms with Crippen LogP contribution in [0.25, 0.3) is 0 Å². The number of amides is 2. The number of hydrogen-bond acceptors (Lipinski definition) is 4. The van der Waals surface area contributed by atoms with E-state index >= 15 is 0 Å². The Morgan fingerprint density at radius 1 is 1.19 bits per heavy atom. The number of hydrogen-bond donors (Lipinski definition) is 2. The molecule has 3 aliphatic rings. The zero-order valence-corrected chi connectivity index (χ0v) is 15.6. The Morgan fingerprint density at radius 2 is 1.96 bits per heavy atom. The lowest BCUT2D eigenvalue weighted by Gasteiger charge is -2.39. The van der Waals surface area contributed by atoms with Crippen molar-refractivity contribution in [1.82, 2.24) is 10.6 Å². The van der Waals surface area contributed by atoms with Gasteiger partial charge in [0.1, 0.15) is 0 Å². The summed E-state index contributed by atoms with van der Waals surface area (Å²) in [4.78, 5) is 24.7. The Balaban J connectivity index is 1.33. The summed E-state index contributed by atoms with van der Waals surface area (Å²) < 4.78 is 10.5. The van der Waals surface area contributed by atoms with E-state index in [0.717, 1.165) is 12.8 Å². The number of fused-ring (bicyclic) bond motifs is 3. The minimum Gasteiger partial charge on any atom is -0.454 e. The lowest BCUT2D eigenvalue weighted by Crippen LogP contribution is -2.49. The van der Waals surface area contributed by atoms with Gasteiger partial charge >= 0.3 is 0 Å². The molecule has 6 heteroatoms. The highest BCUT2D eigenvalue weighted by molar-refractivity contribution is 5.97. The molecule has 1 heterocycles. The van der Waals surface area contributed by atoms with Crippen LogP contribution in [0.15, 0.2) is 18.2 Å². The van der Waals surface area contributed by atoms with Crippen LogP contribution in [0.3, 0.4) is 0 Å². The van der Waals surface area contributed by atoms with Crippen LogP contribution >= 0.6 is 0 Å². The lowest BCUT2D eigenvalue weighted by molar-refractivity contribution is -0.121. The molecule has 2 saturated carbocycles. The third-order valence-electron chi connectivity index (χ3n) is 7.17. The van der Waals surface area contributed by atoms with Gasteiger partial charge in [-0.2, -0.15) is 0 Å². The SMILES string of the molecule is CC1(C)C2CCC1(C)C(NC(=O)CNC(=O)c1ccc3c(c1)OCO3)C2. The number of rotatable bonds is 4. The molecular formula is C20H26N2O4. The monoisotopic (exact) mass is 358 g/mol. The van der Waals surface area contributed by atoms with Crippen molar-refractivity contribution < 1.29 is 19.1 Å². The first kappa shape index (κ1) is 17.2. The van der Waals surface area contributed by atoms with Gasteiger partial charge in [0.05, 0.1) is 6.54 Å². The number of carbonyl (C=O) groups is 2. The van der Waals surface area contributed by atoms with Crippen LogP contribution < -0.4 is 20.1 Å². The van der Waals surface area contributed by atoms with Crippen LogP contribution in [0.5, 0.6) is 11.5 Å². The van der Waals surface area contributed by atoms with Crippen LogP contribution in [-0.2, 0) is 4.79 Å². The predicted molar refractivity (Wildman–Crippen MR) is 96.1 cm³/mol. The fraction of sp³-hybridized carbons (Fsp3) is 0.600. The van der Waals surface area contributed by atoms with Crippen molar-refractivity contribution in [3.63, 3.8) is 0 Å². The average Bonchev–Trinajstić information content (AvgIpc) is 3.21. The van der Waals surface area contributed by atoms with Gasteiger partial charge in [0.2, 0.25) is 12.7 Å². The summed E-state index contributed by atoms with van der Waals surface area (Å²) in [6.07, 6.45) is 3.43. The first-order valence-electron chi connectivity index (χ1n) is 9.28. The fourth-order valence-electron chi connectivity index (χ4n) is 4.97. The highest BCUT2D eigenvalue weighted by atomic mass is 16.7. The van der Waals surface area contributed by atoms with Crippen molar-refractivity contribution >= 4 is 11.8 Å². The van der Waals surface area contributed by atoms with Crippen LogP contribution in [0.1, 0.15) is 50.4 Å². The standard InChI is InChI=1S/C20H26N2O4/c1-19(2)13-6-7-20(19,3)16(9-13)22-17(23)10-21-18(24)12-4-5-14-15(8-12)26-11-25-14/h4-5,8,13,16H,6-7,9-11H2,1-3H3,(H,21,24)(H,22,23). The van der Waals surface area contributed by atoms with Crippen molar-refractivity contribution in [2.24, 2.45) is 16.7 Å². The number of ether oxygens (including phenoxy) is 2. The molecule has 1 aromatic rings. The van der Waals surface area contributed by atoms with E-state index in [4.69, 9.17) is 9.47 Å². The molecule has 2 bridgehead atoms. The third kappa shape index (κ3) is 2.54. The minimum atomic E-state index is -0.294. The zero-order valence-electron chi connectivity index (χ0n) is 15.6. The second-order valence-corrected chi connectivity index (χ2v) is 8.48. The predicted octanol–water partition coefficient (Wildman–Crippen LogP) is 2.48. The molecule has 2 amide bonds. The lowest BCUT2D eigenvalue weighted by atomic mass is 9.69. The molecule has 2 N–H and O–H groups in total. The molecule has 0 aromatic heterocycles. The van der Waals surface area contributed by atoms with Gasteiger partial charge in [0, 0.05) is 11.6 Å². The Hall–Kier alpha value is -2.24. The van der Waals surface area contributed by atoms with E-state index in [0.29, 0.717) is 23.0 Å². The smallest absolute Gasteiger partial charge is 0.251 e. The molecular weight excluding hydrogens is 332 g/mol. The van der Waals surface area contributed by atoms with Crippen LogP contribution in [-0.4, -0.2) is 31.2 Å². The molecule has 0 radical (unpaired) electrons. The largest absolute Gasteiger partial charge is 0.454 e. The van der Waals surface area contributed by atoms with Crippen molar-refractivity contribution in [1.29, 1.82) is 0 Å². The van der Waals surface area contributed by atoms with Crippen LogP contribution in [0, 0.1) is 16.7 Å². The Labute approximate surface area is 153 Å². The molecule has 0 spiro atoms. The van der Waals surface area contributed by atoms with E-state index in [9.17, 15) is 9.59 Å². The van der Waals surface area contributed by atoms with E-state index in [1.54, 1.807) is 18.2 Å². The maximum absolute atomic E-state index is 12.4. The van der Waals surface area contributed by atoms with E-state index in [-0.39, 0.29) is 42.0 Å². The van der Waals surface area contributed by atoms with E-state index in [1.807, 2.05) is 0 Å². The first-order valence-corrected chi connectivity index (χ1v) is 9.28. The second-order valence-electron chi connectivity index (χ2n) is 8.48. The molecule has 3 atom stereocenters.